The lowest BCUT2D eigenvalue weighted by molar-refractivity contribution is 0.0707. The highest BCUT2D eigenvalue weighted by atomic mass is 35.5. The van der Waals surface area contributed by atoms with E-state index in [0.29, 0.717) is 40.5 Å². The summed E-state index contributed by atoms with van der Waals surface area (Å²) in [5.41, 5.74) is 8.45. The Hall–Kier alpha value is -2.44. The number of benzene rings is 1. The SMILES string of the molecule is CC1C(N)=C(C(=N)c2cnccn2)CCN1C(=O)c1cccc(Cl)c1Cl. The van der Waals surface area contributed by atoms with Gasteiger partial charge in [-0.2, -0.15) is 0 Å². The molecule has 0 saturated heterocycles. The summed E-state index contributed by atoms with van der Waals surface area (Å²) in [6.45, 7) is 2.25. The Morgan fingerprint density at radius 1 is 1.35 bits per heavy atom. The minimum Gasteiger partial charge on any atom is -0.400 e. The third-order valence-electron chi connectivity index (χ3n) is 4.43. The number of carbonyl (C=O) groups excluding carboxylic acids is 1. The molecule has 1 aliphatic rings. The van der Waals surface area contributed by atoms with Gasteiger partial charge in [0, 0.05) is 30.2 Å². The van der Waals surface area contributed by atoms with Crippen molar-refractivity contribution in [3.8, 4) is 0 Å². The Balaban J connectivity index is 1.89. The van der Waals surface area contributed by atoms with Gasteiger partial charge in [-0.1, -0.05) is 29.3 Å². The molecule has 2 heterocycles. The van der Waals surface area contributed by atoms with Gasteiger partial charge in [0.2, 0.25) is 0 Å². The van der Waals surface area contributed by atoms with Crippen LogP contribution in [0.15, 0.2) is 48.1 Å². The number of aromatic nitrogens is 2. The number of hydrogen-bond donors (Lipinski definition) is 2. The second kappa shape index (κ2) is 7.43. The van der Waals surface area contributed by atoms with Gasteiger partial charge < -0.3 is 10.6 Å². The molecule has 0 spiro atoms. The molecule has 1 amide bonds. The smallest absolute Gasteiger partial charge is 0.255 e. The molecule has 0 aliphatic carbocycles. The molecule has 26 heavy (non-hydrogen) atoms. The van der Waals surface area contributed by atoms with E-state index in [2.05, 4.69) is 9.97 Å². The van der Waals surface area contributed by atoms with Crippen LogP contribution in [0.3, 0.4) is 0 Å². The van der Waals surface area contributed by atoms with Crippen LogP contribution in [0.2, 0.25) is 10.0 Å². The summed E-state index contributed by atoms with van der Waals surface area (Å²) in [4.78, 5) is 22.7. The fourth-order valence-electron chi connectivity index (χ4n) is 2.94. The average Bonchev–Trinajstić information content (AvgIpc) is 2.66. The van der Waals surface area contributed by atoms with E-state index in [0.717, 1.165) is 0 Å². The Bertz CT molecular complexity index is 898. The third kappa shape index (κ3) is 3.30. The molecule has 3 N–H and O–H groups in total. The average molecular weight is 390 g/mol. The van der Waals surface area contributed by atoms with E-state index in [-0.39, 0.29) is 22.7 Å². The van der Waals surface area contributed by atoms with Crippen LogP contribution in [-0.2, 0) is 0 Å². The van der Waals surface area contributed by atoms with Crippen molar-refractivity contribution in [2.75, 3.05) is 6.54 Å². The van der Waals surface area contributed by atoms with Crippen LogP contribution < -0.4 is 5.73 Å². The molecule has 1 aromatic heterocycles. The molecule has 2 aromatic rings. The van der Waals surface area contributed by atoms with Crippen molar-refractivity contribution < 1.29 is 4.79 Å². The first kappa shape index (κ1) is 18.4. The molecule has 0 saturated carbocycles. The fourth-order valence-corrected chi connectivity index (χ4v) is 3.32. The molecule has 8 heteroatoms. The summed E-state index contributed by atoms with van der Waals surface area (Å²) in [5.74, 6) is -0.238. The van der Waals surface area contributed by atoms with Gasteiger partial charge in [-0.3, -0.25) is 20.2 Å². The molecule has 1 unspecified atom stereocenters. The summed E-state index contributed by atoms with van der Waals surface area (Å²) in [5, 5.41) is 8.92. The first-order valence-corrected chi connectivity index (χ1v) is 8.76. The van der Waals surface area contributed by atoms with Crippen LogP contribution in [0.5, 0.6) is 0 Å². The van der Waals surface area contributed by atoms with E-state index >= 15 is 0 Å². The monoisotopic (exact) mass is 389 g/mol. The van der Waals surface area contributed by atoms with E-state index in [1.807, 2.05) is 6.92 Å². The van der Waals surface area contributed by atoms with Crippen molar-refractivity contribution in [3.63, 3.8) is 0 Å². The first-order valence-electron chi connectivity index (χ1n) is 8.00. The van der Waals surface area contributed by atoms with Crippen LogP contribution in [0, 0.1) is 5.41 Å². The van der Waals surface area contributed by atoms with Gasteiger partial charge in [-0.15, -0.1) is 0 Å². The molecule has 0 radical (unpaired) electrons. The molecule has 1 atom stereocenters. The summed E-state index contributed by atoms with van der Waals surface area (Å²) in [7, 11) is 0. The van der Waals surface area contributed by atoms with Crippen molar-refractivity contribution >= 4 is 34.8 Å². The van der Waals surface area contributed by atoms with Crippen molar-refractivity contribution in [2.45, 2.75) is 19.4 Å². The maximum atomic E-state index is 12.9. The molecular weight excluding hydrogens is 373 g/mol. The number of amides is 1. The standard InChI is InChI=1S/C18H17Cl2N5O/c1-10-16(21)12(17(22)14-9-23-6-7-24-14)5-8-25(10)18(26)11-3-2-4-13(19)15(11)20/h2-4,6-7,9-10,22H,5,8,21H2,1H3. The van der Waals surface area contributed by atoms with Gasteiger partial charge in [-0.05, 0) is 25.5 Å². The minimum absolute atomic E-state index is 0.229. The van der Waals surface area contributed by atoms with Crippen molar-refractivity contribution in [2.24, 2.45) is 5.73 Å². The second-order valence-electron chi connectivity index (χ2n) is 5.93. The van der Waals surface area contributed by atoms with Crippen molar-refractivity contribution in [3.05, 3.63) is 69.4 Å². The normalized spacial score (nSPS) is 17.3. The fraction of sp³-hybridized carbons (Fsp3) is 0.222. The van der Waals surface area contributed by atoms with Gasteiger partial charge in [0.05, 0.1) is 33.6 Å². The maximum absolute atomic E-state index is 12.9. The summed E-state index contributed by atoms with van der Waals surface area (Å²) < 4.78 is 0. The molecule has 0 fully saturated rings. The van der Waals surface area contributed by atoms with Crippen LogP contribution in [0.25, 0.3) is 0 Å². The van der Waals surface area contributed by atoms with E-state index in [1.165, 1.54) is 12.4 Å². The number of nitrogens with zero attached hydrogens (tertiary/aromatic N) is 3. The maximum Gasteiger partial charge on any atom is 0.255 e. The minimum atomic E-state index is -0.377. The zero-order valence-corrected chi connectivity index (χ0v) is 15.6. The van der Waals surface area contributed by atoms with Crippen molar-refractivity contribution in [1.29, 1.82) is 5.41 Å². The molecule has 1 aromatic carbocycles. The third-order valence-corrected chi connectivity index (χ3v) is 5.25. The van der Waals surface area contributed by atoms with Gasteiger partial charge >= 0.3 is 0 Å². The Morgan fingerprint density at radius 3 is 2.81 bits per heavy atom. The van der Waals surface area contributed by atoms with Gasteiger partial charge in [-0.25, -0.2) is 0 Å². The second-order valence-corrected chi connectivity index (χ2v) is 6.71. The number of rotatable bonds is 3. The van der Waals surface area contributed by atoms with Crippen molar-refractivity contribution in [1.82, 2.24) is 14.9 Å². The first-order chi connectivity index (χ1) is 12.4. The quantitative estimate of drug-likeness (QED) is 0.786. The van der Waals surface area contributed by atoms with Gasteiger partial charge in [0.1, 0.15) is 5.69 Å². The van der Waals surface area contributed by atoms with Crippen LogP contribution in [-0.4, -0.2) is 39.1 Å². The number of nitrogens with one attached hydrogen (secondary N) is 1. The Kier molecular flexibility index (Phi) is 5.25. The largest absolute Gasteiger partial charge is 0.400 e. The van der Waals surface area contributed by atoms with E-state index in [9.17, 15) is 4.79 Å². The lowest BCUT2D eigenvalue weighted by Crippen LogP contribution is -2.46. The highest BCUT2D eigenvalue weighted by Gasteiger charge is 2.31. The van der Waals surface area contributed by atoms with Gasteiger partial charge in [0.25, 0.3) is 5.91 Å². The molecule has 1 aliphatic heterocycles. The van der Waals surface area contributed by atoms with Crippen LogP contribution >= 0.6 is 23.2 Å². The number of carbonyl (C=O) groups is 1. The zero-order valence-electron chi connectivity index (χ0n) is 14.0. The zero-order chi connectivity index (χ0) is 18.8. The highest BCUT2D eigenvalue weighted by molar-refractivity contribution is 6.43. The summed E-state index contributed by atoms with van der Waals surface area (Å²) in [6, 6.07) is 4.58. The number of halogens is 2. The van der Waals surface area contributed by atoms with Crippen LogP contribution in [0.4, 0.5) is 0 Å². The Labute approximate surface area is 161 Å². The number of hydrogen-bond acceptors (Lipinski definition) is 5. The van der Waals surface area contributed by atoms with E-state index in [1.54, 1.807) is 29.3 Å². The summed E-state index contributed by atoms with van der Waals surface area (Å²) >= 11 is 12.2. The summed E-state index contributed by atoms with van der Waals surface area (Å²) in [6.07, 6.45) is 5.06. The van der Waals surface area contributed by atoms with Crippen LogP contribution in [0.1, 0.15) is 29.4 Å². The van der Waals surface area contributed by atoms with Gasteiger partial charge in [0.15, 0.2) is 0 Å². The van der Waals surface area contributed by atoms with E-state index < -0.39 is 0 Å². The highest BCUT2D eigenvalue weighted by Crippen LogP contribution is 2.30. The molecule has 6 nitrogen and oxygen atoms in total. The predicted octanol–water partition coefficient (Wildman–Crippen LogP) is 3.30. The lowest BCUT2D eigenvalue weighted by Gasteiger charge is -2.35. The lowest BCUT2D eigenvalue weighted by atomic mass is 9.93. The predicted molar refractivity (Wildman–Crippen MR) is 102 cm³/mol. The Morgan fingerprint density at radius 2 is 2.12 bits per heavy atom. The molecule has 3 rings (SSSR count). The molecule has 134 valence electrons. The van der Waals surface area contributed by atoms with E-state index in [4.69, 9.17) is 34.3 Å². The molecule has 0 bridgehead atoms. The number of nitrogens with two attached hydrogens (primary N) is 1. The molecular formula is C18H17Cl2N5O. The topological polar surface area (TPSA) is 96.0 Å².